The third kappa shape index (κ3) is 4.61. The number of benzene rings is 2. The highest BCUT2D eigenvalue weighted by atomic mass is 19.2. The lowest BCUT2D eigenvalue weighted by atomic mass is 9.79. The normalized spacial score (nSPS) is 19.5. The first-order valence-corrected chi connectivity index (χ1v) is 9.66. The number of hydrogen-bond donors (Lipinski definition) is 1. The number of ether oxygens (including phenoxy) is 2. The van der Waals surface area contributed by atoms with E-state index in [0.717, 1.165) is 25.7 Å². The first kappa shape index (κ1) is 20.5. The number of aliphatic hydroxyl groups excluding tert-OH is 1. The van der Waals surface area contributed by atoms with Crippen LogP contribution in [0.1, 0.15) is 49.7 Å². The second-order valence-electron chi connectivity index (χ2n) is 7.15. The third-order valence-corrected chi connectivity index (χ3v) is 5.34. The average molecular weight is 394 g/mol. The predicted molar refractivity (Wildman–Crippen MR) is 100 cm³/mol. The van der Waals surface area contributed by atoms with E-state index < -0.39 is 17.5 Å². The molecular weight excluding hydrogens is 369 g/mol. The largest absolute Gasteiger partial charge is 0.493 e. The Morgan fingerprint density at radius 2 is 1.71 bits per heavy atom. The van der Waals surface area contributed by atoms with Gasteiger partial charge in [-0.2, -0.15) is 4.39 Å². The summed E-state index contributed by atoms with van der Waals surface area (Å²) in [5.41, 5.74) is 0.638. The van der Waals surface area contributed by atoms with Crippen LogP contribution < -0.4 is 9.47 Å². The van der Waals surface area contributed by atoms with E-state index in [-0.39, 0.29) is 36.4 Å². The van der Waals surface area contributed by atoms with Crippen LogP contribution in [-0.4, -0.2) is 18.3 Å². The van der Waals surface area contributed by atoms with Crippen molar-refractivity contribution in [3.63, 3.8) is 0 Å². The molecule has 0 aromatic heterocycles. The second-order valence-corrected chi connectivity index (χ2v) is 7.15. The van der Waals surface area contributed by atoms with E-state index in [1.54, 1.807) is 19.1 Å². The summed E-state index contributed by atoms with van der Waals surface area (Å²) in [5.74, 6) is -1.59. The van der Waals surface area contributed by atoms with E-state index in [1.807, 2.05) is 0 Å². The van der Waals surface area contributed by atoms with Gasteiger partial charge in [0.05, 0.1) is 19.8 Å². The predicted octanol–water partition coefficient (Wildman–Crippen LogP) is 5.35. The molecule has 2 aromatic carbocycles. The summed E-state index contributed by atoms with van der Waals surface area (Å²) < 4.78 is 53.0. The number of hydrogen-bond acceptors (Lipinski definition) is 3. The van der Waals surface area contributed by atoms with Gasteiger partial charge in [0.15, 0.2) is 11.6 Å². The highest BCUT2D eigenvalue weighted by molar-refractivity contribution is 5.33. The molecule has 1 saturated carbocycles. The maximum Gasteiger partial charge on any atom is 0.200 e. The fourth-order valence-electron chi connectivity index (χ4n) is 3.73. The quantitative estimate of drug-likeness (QED) is 0.688. The van der Waals surface area contributed by atoms with Crippen molar-refractivity contribution in [2.45, 2.75) is 45.1 Å². The molecule has 2 aromatic rings. The highest BCUT2D eigenvalue weighted by Gasteiger charge is 2.27. The van der Waals surface area contributed by atoms with Gasteiger partial charge in [0.1, 0.15) is 11.6 Å². The van der Waals surface area contributed by atoms with Crippen LogP contribution in [0.4, 0.5) is 13.2 Å². The Labute approximate surface area is 163 Å². The van der Waals surface area contributed by atoms with Crippen LogP contribution in [0.3, 0.4) is 0 Å². The van der Waals surface area contributed by atoms with Gasteiger partial charge in [-0.3, -0.25) is 0 Å². The molecule has 0 bridgehead atoms. The van der Waals surface area contributed by atoms with Gasteiger partial charge in [-0.05, 0) is 62.1 Å². The summed E-state index contributed by atoms with van der Waals surface area (Å²) in [7, 11) is 0. The molecule has 1 aliphatic carbocycles. The maximum absolute atomic E-state index is 14.4. The van der Waals surface area contributed by atoms with Gasteiger partial charge in [0.25, 0.3) is 0 Å². The number of aliphatic hydroxyl groups is 1. The summed E-state index contributed by atoms with van der Waals surface area (Å²) in [6.07, 6.45) is 3.15. The van der Waals surface area contributed by atoms with Gasteiger partial charge < -0.3 is 14.6 Å². The van der Waals surface area contributed by atoms with E-state index in [2.05, 4.69) is 0 Å². The lowest BCUT2D eigenvalue weighted by molar-refractivity contribution is 0.198. The van der Waals surface area contributed by atoms with Crippen LogP contribution in [0.2, 0.25) is 0 Å². The minimum absolute atomic E-state index is 0.0253. The molecule has 3 nitrogen and oxygen atoms in total. The van der Waals surface area contributed by atoms with Crippen molar-refractivity contribution in [3.8, 4) is 11.5 Å². The van der Waals surface area contributed by atoms with Crippen molar-refractivity contribution in [3.05, 3.63) is 58.9 Å². The third-order valence-electron chi connectivity index (χ3n) is 5.34. The molecule has 1 fully saturated rings. The monoisotopic (exact) mass is 394 g/mol. The van der Waals surface area contributed by atoms with Crippen LogP contribution >= 0.6 is 0 Å². The molecule has 0 spiro atoms. The van der Waals surface area contributed by atoms with Gasteiger partial charge in [-0.1, -0.05) is 12.1 Å². The van der Waals surface area contributed by atoms with Crippen molar-refractivity contribution in [2.24, 2.45) is 5.92 Å². The fourth-order valence-corrected chi connectivity index (χ4v) is 3.73. The molecular formula is C22H25F3O3. The van der Waals surface area contributed by atoms with Crippen molar-refractivity contribution in [1.82, 2.24) is 0 Å². The van der Waals surface area contributed by atoms with Gasteiger partial charge in [0, 0.05) is 11.6 Å². The molecule has 6 heteroatoms. The Morgan fingerprint density at radius 1 is 0.964 bits per heavy atom. The number of halogens is 3. The minimum Gasteiger partial charge on any atom is -0.493 e. The maximum atomic E-state index is 14.4. The van der Waals surface area contributed by atoms with Crippen molar-refractivity contribution >= 4 is 0 Å². The zero-order valence-electron chi connectivity index (χ0n) is 15.9. The fraction of sp³-hybridized carbons (Fsp3) is 0.455. The van der Waals surface area contributed by atoms with E-state index in [1.165, 1.54) is 18.2 Å². The van der Waals surface area contributed by atoms with Crippen LogP contribution in [0.25, 0.3) is 0 Å². The van der Waals surface area contributed by atoms with Gasteiger partial charge in [-0.25, -0.2) is 8.78 Å². The average Bonchev–Trinajstić information content (AvgIpc) is 2.71. The zero-order valence-corrected chi connectivity index (χ0v) is 15.9. The van der Waals surface area contributed by atoms with Crippen molar-refractivity contribution in [2.75, 3.05) is 13.2 Å². The lowest BCUT2D eigenvalue weighted by Crippen LogP contribution is -2.20. The van der Waals surface area contributed by atoms with Gasteiger partial charge >= 0.3 is 0 Å². The first-order valence-electron chi connectivity index (χ1n) is 9.66. The SMILES string of the molecule is CCOc1ccc(C2CCC(COc3ccc(CO)c(F)c3)CC2)c(F)c1F. The summed E-state index contributed by atoms with van der Waals surface area (Å²) in [6, 6.07) is 7.53. The van der Waals surface area contributed by atoms with Crippen molar-refractivity contribution < 1.29 is 27.8 Å². The molecule has 3 rings (SSSR count). The van der Waals surface area contributed by atoms with Crippen LogP contribution in [0.5, 0.6) is 11.5 Å². The first-order chi connectivity index (χ1) is 13.5. The Morgan fingerprint density at radius 3 is 2.36 bits per heavy atom. The Hall–Kier alpha value is -2.21. The molecule has 1 N–H and O–H groups in total. The van der Waals surface area contributed by atoms with Crippen LogP contribution in [0.15, 0.2) is 30.3 Å². The minimum atomic E-state index is -0.918. The molecule has 0 heterocycles. The van der Waals surface area contributed by atoms with Gasteiger partial charge in [0.2, 0.25) is 5.82 Å². The standard InChI is InChI=1S/C22H25F3O3/c1-2-27-20-10-9-18(21(24)22(20)25)15-5-3-14(4-6-15)13-28-17-8-7-16(12-26)19(23)11-17/h7-11,14-15,26H,2-6,12-13H2,1H3. The molecule has 0 atom stereocenters. The topological polar surface area (TPSA) is 38.7 Å². The van der Waals surface area contributed by atoms with E-state index >= 15 is 0 Å². The molecule has 0 radical (unpaired) electrons. The molecule has 152 valence electrons. The highest BCUT2D eigenvalue weighted by Crippen LogP contribution is 2.38. The smallest absolute Gasteiger partial charge is 0.200 e. The molecule has 0 saturated heterocycles. The molecule has 28 heavy (non-hydrogen) atoms. The van der Waals surface area contributed by atoms with Crippen molar-refractivity contribution in [1.29, 1.82) is 0 Å². The van der Waals surface area contributed by atoms with Gasteiger partial charge in [-0.15, -0.1) is 0 Å². The zero-order chi connectivity index (χ0) is 20.1. The van der Waals surface area contributed by atoms with E-state index in [0.29, 0.717) is 17.9 Å². The summed E-state index contributed by atoms with van der Waals surface area (Å²) in [4.78, 5) is 0. The lowest BCUT2D eigenvalue weighted by Gasteiger charge is -2.29. The van der Waals surface area contributed by atoms with Crippen LogP contribution in [0, 0.1) is 23.4 Å². The van der Waals surface area contributed by atoms with E-state index in [9.17, 15) is 13.2 Å². The summed E-state index contributed by atoms with van der Waals surface area (Å²) in [5, 5.41) is 9.00. The Bertz CT molecular complexity index is 802. The second kappa shape index (κ2) is 9.32. The molecule has 1 aliphatic rings. The summed E-state index contributed by atoms with van der Waals surface area (Å²) in [6.45, 7) is 2.11. The Balaban J connectivity index is 1.55. The van der Waals surface area contributed by atoms with Crippen LogP contribution in [-0.2, 0) is 6.61 Å². The molecule has 0 aliphatic heterocycles. The number of rotatable bonds is 7. The summed E-state index contributed by atoms with van der Waals surface area (Å²) >= 11 is 0. The Kier molecular flexibility index (Phi) is 6.83. The van der Waals surface area contributed by atoms with E-state index in [4.69, 9.17) is 14.6 Å². The molecule has 0 unspecified atom stereocenters. The molecule has 0 amide bonds.